The molecule has 1 aromatic carbocycles. The second kappa shape index (κ2) is 9.39. The summed E-state index contributed by atoms with van der Waals surface area (Å²) >= 11 is 6.39. The van der Waals surface area contributed by atoms with Gasteiger partial charge >= 0.3 is 0 Å². The maximum atomic E-state index is 12.9. The molecule has 1 aliphatic rings. The summed E-state index contributed by atoms with van der Waals surface area (Å²) in [6.07, 6.45) is 3.72. The van der Waals surface area contributed by atoms with Crippen LogP contribution in [0.1, 0.15) is 37.0 Å². The van der Waals surface area contributed by atoms with E-state index < -0.39 is 0 Å². The third-order valence-corrected chi connectivity index (χ3v) is 5.21. The zero-order chi connectivity index (χ0) is 21.0. The molecule has 8 heteroatoms. The summed E-state index contributed by atoms with van der Waals surface area (Å²) in [4.78, 5) is 15.1. The predicted molar refractivity (Wildman–Crippen MR) is 114 cm³/mol. The van der Waals surface area contributed by atoms with Crippen LogP contribution in [0.25, 0.3) is 0 Å². The van der Waals surface area contributed by atoms with Crippen molar-refractivity contribution in [1.29, 1.82) is 0 Å². The molecule has 0 radical (unpaired) electrons. The first-order chi connectivity index (χ1) is 13.9. The van der Waals surface area contributed by atoms with Crippen LogP contribution in [0.15, 0.2) is 24.4 Å². The minimum atomic E-state index is -0.169. The summed E-state index contributed by atoms with van der Waals surface area (Å²) in [5.74, 6) is 2.17. The first-order valence-electron chi connectivity index (χ1n) is 9.93. The topological polar surface area (TPSA) is 68.6 Å². The molecule has 1 saturated heterocycles. The highest BCUT2D eigenvalue weighted by atomic mass is 35.5. The van der Waals surface area contributed by atoms with E-state index in [1.54, 1.807) is 25.4 Å². The van der Waals surface area contributed by atoms with Gasteiger partial charge in [0.1, 0.15) is 5.82 Å². The van der Waals surface area contributed by atoms with Crippen molar-refractivity contribution < 1.29 is 14.3 Å². The zero-order valence-corrected chi connectivity index (χ0v) is 18.2. The molecule has 0 spiro atoms. The second-order valence-electron chi connectivity index (χ2n) is 7.77. The molecule has 158 valence electrons. The van der Waals surface area contributed by atoms with E-state index in [-0.39, 0.29) is 11.9 Å². The Labute approximate surface area is 176 Å². The third kappa shape index (κ3) is 5.15. The lowest BCUT2D eigenvalue weighted by atomic mass is 10.0. The van der Waals surface area contributed by atoms with Crippen molar-refractivity contribution in [2.24, 2.45) is 13.0 Å². The number of aromatic nitrogens is 2. The lowest BCUT2D eigenvalue weighted by Gasteiger charge is -2.34. The lowest BCUT2D eigenvalue weighted by Crippen LogP contribution is -2.48. The summed E-state index contributed by atoms with van der Waals surface area (Å²) in [6.45, 7) is 6.33. The fourth-order valence-corrected chi connectivity index (χ4v) is 3.76. The maximum Gasteiger partial charge on any atom is 0.251 e. The molecule has 1 aliphatic heterocycles. The normalized spacial score (nSPS) is 16.8. The van der Waals surface area contributed by atoms with Crippen LogP contribution in [0.2, 0.25) is 5.02 Å². The zero-order valence-electron chi connectivity index (χ0n) is 17.4. The Balaban J connectivity index is 1.70. The highest BCUT2D eigenvalue weighted by Gasteiger charge is 2.24. The van der Waals surface area contributed by atoms with Gasteiger partial charge in [0.25, 0.3) is 5.91 Å². The molecule has 1 amide bonds. The number of aryl methyl sites for hydroxylation is 1. The van der Waals surface area contributed by atoms with Crippen molar-refractivity contribution in [3.05, 3.63) is 35.0 Å². The Morgan fingerprint density at radius 2 is 2.21 bits per heavy atom. The van der Waals surface area contributed by atoms with E-state index in [1.165, 1.54) is 0 Å². The van der Waals surface area contributed by atoms with Gasteiger partial charge in [0.15, 0.2) is 11.5 Å². The van der Waals surface area contributed by atoms with Gasteiger partial charge in [0.2, 0.25) is 0 Å². The number of methoxy groups -OCH3 is 1. The van der Waals surface area contributed by atoms with E-state index in [2.05, 4.69) is 29.2 Å². The standard InChI is InChI=1S/C21H29ClN4O3/c1-14(2)13-29-20-17(22)10-15(11-18(20)28-4)21(27)24-16-6-5-9-26(12-16)19-7-8-23-25(19)3/h7-8,10-11,14,16H,5-6,9,12-13H2,1-4H3,(H,24,27). The Morgan fingerprint density at radius 3 is 2.86 bits per heavy atom. The molecule has 1 atom stereocenters. The number of halogens is 1. The Hall–Kier alpha value is -2.41. The van der Waals surface area contributed by atoms with Crippen LogP contribution in [0.4, 0.5) is 5.82 Å². The average molecular weight is 421 g/mol. The number of rotatable bonds is 7. The third-order valence-electron chi connectivity index (χ3n) is 4.93. The van der Waals surface area contributed by atoms with Crippen LogP contribution in [0.5, 0.6) is 11.5 Å². The number of carbonyl (C=O) groups excluding carboxylic acids is 1. The first-order valence-corrected chi connectivity index (χ1v) is 10.3. The van der Waals surface area contributed by atoms with Crippen LogP contribution in [0, 0.1) is 5.92 Å². The summed E-state index contributed by atoms with van der Waals surface area (Å²) in [7, 11) is 3.47. The number of ether oxygens (including phenoxy) is 2. The molecular formula is C21H29ClN4O3. The van der Waals surface area contributed by atoms with Gasteiger partial charge in [-0.05, 0) is 30.9 Å². The molecule has 3 rings (SSSR count). The van der Waals surface area contributed by atoms with Crippen molar-refractivity contribution in [2.45, 2.75) is 32.7 Å². The monoisotopic (exact) mass is 420 g/mol. The number of hydrogen-bond acceptors (Lipinski definition) is 5. The van der Waals surface area contributed by atoms with Crippen LogP contribution in [-0.4, -0.2) is 48.5 Å². The number of nitrogens with zero attached hydrogens (tertiary/aromatic N) is 3. The molecule has 0 saturated carbocycles. The number of hydrogen-bond donors (Lipinski definition) is 1. The van der Waals surface area contributed by atoms with Gasteiger partial charge < -0.3 is 19.7 Å². The number of amides is 1. The number of carbonyl (C=O) groups is 1. The van der Waals surface area contributed by atoms with Crippen LogP contribution < -0.4 is 19.7 Å². The van der Waals surface area contributed by atoms with Gasteiger partial charge in [0.05, 0.1) is 24.9 Å². The number of piperidine rings is 1. The fourth-order valence-electron chi connectivity index (χ4n) is 3.49. The maximum absolute atomic E-state index is 12.9. The van der Waals surface area contributed by atoms with Crippen molar-refractivity contribution in [1.82, 2.24) is 15.1 Å². The van der Waals surface area contributed by atoms with Gasteiger partial charge in [-0.1, -0.05) is 25.4 Å². The molecule has 0 bridgehead atoms. The minimum Gasteiger partial charge on any atom is -0.493 e. The highest BCUT2D eigenvalue weighted by Crippen LogP contribution is 2.36. The molecule has 1 unspecified atom stereocenters. The number of benzene rings is 1. The summed E-state index contributed by atoms with van der Waals surface area (Å²) in [5, 5.41) is 7.74. The van der Waals surface area contributed by atoms with Crippen molar-refractivity contribution in [3.63, 3.8) is 0 Å². The van der Waals surface area contributed by atoms with E-state index in [0.29, 0.717) is 34.6 Å². The van der Waals surface area contributed by atoms with E-state index in [4.69, 9.17) is 21.1 Å². The Bertz CT molecular complexity index is 852. The average Bonchev–Trinajstić information content (AvgIpc) is 3.12. The van der Waals surface area contributed by atoms with E-state index in [0.717, 1.165) is 31.7 Å². The Morgan fingerprint density at radius 1 is 1.41 bits per heavy atom. The Kier molecular flexibility index (Phi) is 6.90. The fraction of sp³-hybridized carbons (Fsp3) is 0.524. The van der Waals surface area contributed by atoms with Crippen LogP contribution in [-0.2, 0) is 7.05 Å². The molecule has 1 fully saturated rings. The van der Waals surface area contributed by atoms with Gasteiger partial charge in [-0.25, -0.2) is 0 Å². The second-order valence-corrected chi connectivity index (χ2v) is 8.17. The van der Waals surface area contributed by atoms with E-state index in [1.807, 2.05) is 17.8 Å². The SMILES string of the molecule is COc1cc(C(=O)NC2CCCN(c3ccnn3C)C2)cc(Cl)c1OCC(C)C. The quantitative estimate of drug-likeness (QED) is 0.742. The molecule has 7 nitrogen and oxygen atoms in total. The molecular weight excluding hydrogens is 392 g/mol. The predicted octanol–water partition coefficient (Wildman–Crippen LogP) is 3.52. The smallest absolute Gasteiger partial charge is 0.251 e. The molecule has 1 aromatic heterocycles. The minimum absolute atomic E-state index is 0.0489. The molecule has 29 heavy (non-hydrogen) atoms. The number of anilines is 1. The summed E-state index contributed by atoms with van der Waals surface area (Å²) in [5.41, 5.74) is 0.460. The van der Waals surface area contributed by atoms with Crippen LogP contribution >= 0.6 is 11.6 Å². The molecule has 1 N–H and O–H groups in total. The first kappa shape index (κ1) is 21.3. The van der Waals surface area contributed by atoms with Gasteiger partial charge in [-0.15, -0.1) is 0 Å². The molecule has 2 heterocycles. The summed E-state index contributed by atoms with van der Waals surface area (Å²) < 4.78 is 13.0. The highest BCUT2D eigenvalue weighted by molar-refractivity contribution is 6.32. The summed E-state index contributed by atoms with van der Waals surface area (Å²) in [6, 6.07) is 5.35. The largest absolute Gasteiger partial charge is 0.493 e. The van der Waals surface area contributed by atoms with Crippen molar-refractivity contribution in [2.75, 3.05) is 31.7 Å². The van der Waals surface area contributed by atoms with Crippen molar-refractivity contribution in [3.8, 4) is 11.5 Å². The van der Waals surface area contributed by atoms with Crippen molar-refractivity contribution >= 4 is 23.3 Å². The van der Waals surface area contributed by atoms with Crippen LogP contribution in [0.3, 0.4) is 0 Å². The molecule has 0 aliphatic carbocycles. The molecule has 2 aromatic rings. The van der Waals surface area contributed by atoms with Gasteiger partial charge in [-0.3, -0.25) is 9.48 Å². The van der Waals surface area contributed by atoms with E-state index in [9.17, 15) is 4.79 Å². The number of nitrogens with one attached hydrogen (secondary N) is 1. The van der Waals surface area contributed by atoms with Gasteiger partial charge in [0, 0.05) is 37.8 Å². The van der Waals surface area contributed by atoms with E-state index >= 15 is 0 Å². The lowest BCUT2D eigenvalue weighted by molar-refractivity contribution is 0.0932. The van der Waals surface area contributed by atoms with Gasteiger partial charge in [-0.2, -0.15) is 5.10 Å².